The number of anilines is 1. The van der Waals surface area contributed by atoms with Crippen LogP contribution < -0.4 is 20.1 Å². The van der Waals surface area contributed by atoms with Crippen molar-refractivity contribution in [3.8, 4) is 23.8 Å². The zero-order valence-electron chi connectivity index (χ0n) is 14.5. The molecule has 0 aliphatic rings. The molecule has 0 saturated carbocycles. The molecule has 2 aromatic carbocycles. The summed E-state index contributed by atoms with van der Waals surface area (Å²) in [6.07, 6.45) is 5.88. The molecule has 2 N–H and O–H groups in total. The molecule has 0 bridgehead atoms. The van der Waals surface area contributed by atoms with Gasteiger partial charge < -0.3 is 20.1 Å². The number of terminal acetylenes is 1. The molecule has 2 amide bonds. The number of amides is 2. The van der Waals surface area contributed by atoms with Crippen molar-refractivity contribution in [3.05, 3.63) is 53.6 Å². The second-order valence-corrected chi connectivity index (χ2v) is 5.45. The van der Waals surface area contributed by atoms with E-state index in [-0.39, 0.29) is 12.6 Å². The minimum absolute atomic E-state index is 0.237. The minimum atomic E-state index is -0.237. The van der Waals surface area contributed by atoms with Gasteiger partial charge in [-0.05, 0) is 54.8 Å². The van der Waals surface area contributed by atoms with Crippen LogP contribution >= 0.6 is 0 Å². The molecule has 0 heterocycles. The standard InChI is InChI=1S/C20H22N2O3/c1-4-13-25-18-8-5-16(6-9-18)11-12-21-20(23)22-17-7-10-19(24-3)15(2)14-17/h1,5-10,14H,11-13H2,2-3H3,(H2,21,22,23). The van der Waals surface area contributed by atoms with Gasteiger partial charge in [0.15, 0.2) is 0 Å². The molecule has 5 heteroatoms. The van der Waals surface area contributed by atoms with E-state index >= 15 is 0 Å². The summed E-state index contributed by atoms with van der Waals surface area (Å²) in [6, 6.07) is 12.9. The van der Waals surface area contributed by atoms with E-state index in [0.29, 0.717) is 6.54 Å². The summed E-state index contributed by atoms with van der Waals surface area (Å²) in [4.78, 5) is 11.9. The Balaban J connectivity index is 1.76. The average molecular weight is 338 g/mol. The Kier molecular flexibility index (Phi) is 6.73. The van der Waals surface area contributed by atoms with Gasteiger partial charge in [-0.25, -0.2) is 4.79 Å². The summed E-state index contributed by atoms with van der Waals surface area (Å²) in [5.41, 5.74) is 2.80. The lowest BCUT2D eigenvalue weighted by Gasteiger charge is -2.10. The SMILES string of the molecule is C#CCOc1ccc(CCNC(=O)Nc2ccc(OC)c(C)c2)cc1. The summed E-state index contributed by atoms with van der Waals surface area (Å²) < 4.78 is 10.5. The van der Waals surface area contributed by atoms with Crippen LogP contribution in [0.15, 0.2) is 42.5 Å². The zero-order valence-corrected chi connectivity index (χ0v) is 14.5. The van der Waals surface area contributed by atoms with Crippen molar-refractivity contribution >= 4 is 11.7 Å². The van der Waals surface area contributed by atoms with Gasteiger partial charge >= 0.3 is 6.03 Å². The molecule has 0 unspecified atom stereocenters. The van der Waals surface area contributed by atoms with Gasteiger partial charge in [0.2, 0.25) is 0 Å². The summed E-state index contributed by atoms with van der Waals surface area (Å²) in [5.74, 6) is 3.95. The van der Waals surface area contributed by atoms with Crippen LogP contribution in [0.25, 0.3) is 0 Å². The second kappa shape index (κ2) is 9.24. The Morgan fingerprint density at radius 1 is 1.20 bits per heavy atom. The first-order chi connectivity index (χ1) is 12.1. The van der Waals surface area contributed by atoms with Crippen molar-refractivity contribution in [2.75, 3.05) is 25.6 Å². The maximum atomic E-state index is 11.9. The molecule has 0 fully saturated rings. The topological polar surface area (TPSA) is 59.6 Å². The predicted octanol–water partition coefficient (Wildman–Crippen LogP) is 3.38. The number of urea groups is 1. The smallest absolute Gasteiger partial charge is 0.319 e. The predicted molar refractivity (Wildman–Crippen MR) is 99.2 cm³/mol. The van der Waals surface area contributed by atoms with Crippen LogP contribution in [0.4, 0.5) is 10.5 Å². The monoisotopic (exact) mass is 338 g/mol. The highest BCUT2D eigenvalue weighted by Crippen LogP contribution is 2.21. The van der Waals surface area contributed by atoms with Crippen LogP contribution in [0.1, 0.15) is 11.1 Å². The Bertz CT molecular complexity index is 749. The van der Waals surface area contributed by atoms with Gasteiger partial charge in [-0.3, -0.25) is 0 Å². The van der Waals surface area contributed by atoms with Crippen molar-refractivity contribution in [1.82, 2.24) is 5.32 Å². The van der Waals surface area contributed by atoms with Gasteiger partial charge in [0, 0.05) is 12.2 Å². The highest BCUT2D eigenvalue weighted by atomic mass is 16.5. The highest BCUT2D eigenvalue weighted by molar-refractivity contribution is 5.89. The molecule has 130 valence electrons. The summed E-state index contributed by atoms with van der Waals surface area (Å²) in [7, 11) is 1.62. The van der Waals surface area contributed by atoms with Crippen LogP contribution in [0.2, 0.25) is 0 Å². The first-order valence-corrected chi connectivity index (χ1v) is 7.97. The number of carbonyl (C=O) groups excluding carboxylic acids is 1. The van der Waals surface area contributed by atoms with E-state index in [2.05, 4.69) is 16.6 Å². The van der Waals surface area contributed by atoms with Gasteiger partial charge in [0.25, 0.3) is 0 Å². The van der Waals surface area contributed by atoms with E-state index in [4.69, 9.17) is 15.9 Å². The fourth-order valence-corrected chi connectivity index (χ4v) is 2.33. The lowest BCUT2D eigenvalue weighted by molar-refractivity contribution is 0.252. The molecule has 2 aromatic rings. The van der Waals surface area contributed by atoms with Gasteiger partial charge in [-0.15, -0.1) is 6.42 Å². The Labute approximate surface area is 148 Å². The molecule has 0 radical (unpaired) electrons. The van der Waals surface area contributed by atoms with Crippen LogP contribution in [0.5, 0.6) is 11.5 Å². The van der Waals surface area contributed by atoms with Crippen molar-refractivity contribution in [2.24, 2.45) is 0 Å². The Morgan fingerprint density at radius 3 is 2.60 bits per heavy atom. The van der Waals surface area contributed by atoms with Gasteiger partial charge in [0.1, 0.15) is 18.1 Å². The van der Waals surface area contributed by atoms with E-state index < -0.39 is 0 Å². The van der Waals surface area contributed by atoms with Crippen LogP contribution in [-0.4, -0.2) is 26.3 Å². The van der Waals surface area contributed by atoms with Crippen molar-refractivity contribution in [2.45, 2.75) is 13.3 Å². The number of methoxy groups -OCH3 is 1. The maximum absolute atomic E-state index is 11.9. The van der Waals surface area contributed by atoms with Crippen LogP contribution in [-0.2, 0) is 6.42 Å². The van der Waals surface area contributed by atoms with E-state index in [0.717, 1.165) is 34.7 Å². The average Bonchev–Trinajstić information content (AvgIpc) is 2.61. The van der Waals surface area contributed by atoms with Crippen molar-refractivity contribution < 1.29 is 14.3 Å². The van der Waals surface area contributed by atoms with E-state index in [1.807, 2.05) is 43.3 Å². The van der Waals surface area contributed by atoms with Gasteiger partial charge in [-0.1, -0.05) is 18.1 Å². The first-order valence-electron chi connectivity index (χ1n) is 7.97. The van der Waals surface area contributed by atoms with E-state index in [9.17, 15) is 4.79 Å². The summed E-state index contributed by atoms with van der Waals surface area (Å²) in [6.45, 7) is 2.72. The molecule has 2 rings (SSSR count). The van der Waals surface area contributed by atoms with Crippen LogP contribution in [0, 0.1) is 19.3 Å². The van der Waals surface area contributed by atoms with Gasteiger partial charge in [0.05, 0.1) is 7.11 Å². The Hall–Kier alpha value is -3.13. The number of hydrogen-bond acceptors (Lipinski definition) is 3. The van der Waals surface area contributed by atoms with Crippen molar-refractivity contribution in [1.29, 1.82) is 0 Å². The second-order valence-electron chi connectivity index (χ2n) is 5.45. The minimum Gasteiger partial charge on any atom is -0.496 e. The zero-order chi connectivity index (χ0) is 18.1. The fraction of sp³-hybridized carbons (Fsp3) is 0.250. The van der Waals surface area contributed by atoms with Crippen molar-refractivity contribution in [3.63, 3.8) is 0 Å². The molecule has 0 spiro atoms. The Morgan fingerprint density at radius 2 is 1.96 bits per heavy atom. The molecular weight excluding hydrogens is 316 g/mol. The lowest BCUT2D eigenvalue weighted by atomic mass is 10.1. The lowest BCUT2D eigenvalue weighted by Crippen LogP contribution is -2.30. The molecule has 0 aliphatic carbocycles. The number of ether oxygens (including phenoxy) is 2. The number of nitrogens with one attached hydrogen (secondary N) is 2. The number of rotatable bonds is 7. The highest BCUT2D eigenvalue weighted by Gasteiger charge is 2.04. The molecular formula is C20H22N2O3. The third-order valence-corrected chi connectivity index (χ3v) is 3.60. The third-order valence-electron chi connectivity index (χ3n) is 3.60. The molecule has 25 heavy (non-hydrogen) atoms. The number of hydrogen-bond donors (Lipinski definition) is 2. The fourth-order valence-electron chi connectivity index (χ4n) is 2.33. The maximum Gasteiger partial charge on any atom is 0.319 e. The number of benzene rings is 2. The molecule has 0 saturated heterocycles. The van der Waals surface area contributed by atoms with E-state index in [1.54, 1.807) is 13.2 Å². The van der Waals surface area contributed by atoms with E-state index in [1.165, 1.54) is 0 Å². The largest absolute Gasteiger partial charge is 0.496 e. The normalized spacial score (nSPS) is 9.80. The third kappa shape index (κ3) is 5.78. The summed E-state index contributed by atoms with van der Waals surface area (Å²) in [5, 5.41) is 5.65. The first kappa shape index (κ1) is 18.2. The summed E-state index contributed by atoms with van der Waals surface area (Å²) >= 11 is 0. The quantitative estimate of drug-likeness (QED) is 0.761. The molecule has 5 nitrogen and oxygen atoms in total. The number of carbonyl (C=O) groups is 1. The van der Waals surface area contributed by atoms with Gasteiger partial charge in [-0.2, -0.15) is 0 Å². The molecule has 0 atom stereocenters. The van der Waals surface area contributed by atoms with Crippen LogP contribution in [0.3, 0.4) is 0 Å². The molecule has 0 aliphatic heterocycles. The number of aryl methyl sites for hydroxylation is 1. The molecule has 0 aromatic heterocycles.